The molecule has 2 aromatic carbocycles. The van der Waals surface area contributed by atoms with Gasteiger partial charge in [0.15, 0.2) is 11.5 Å². The van der Waals surface area contributed by atoms with E-state index in [1.54, 1.807) is 30.3 Å². The first-order valence-corrected chi connectivity index (χ1v) is 9.74. The summed E-state index contributed by atoms with van der Waals surface area (Å²) in [5, 5.41) is 0.345. The molecule has 0 amide bonds. The van der Waals surface area contributed by atoms with Crippen molar-refractivity contribution in [2.24, 2.45) is 4.40 Å². The van der Waals surface area contributed by atoms with Gasteiger partial charge in [0.25, 0.3) is 10.0 Å². The van der Waals surface area contributed by atoms with Crippen LogP contribution >= 0.6 is 11.6 Å². The molecular formula is C18H20ClNO4S. The average Bonchev–Trinajstić information content (AvgIpc) is 2.60. The average molecular weight is 382 g/mol. The lowest BCUT2D eigenvalue weighted by atomic mass is 10.2. The van der Waals surface area contributed by atoms with E-state index in [0.717, 1.165) is 6.42 Å². The minimum absolute atomic E-state index is 0.130. The molecule has 0 fully saturated rings. The van der Waals surface area contributed by atoms with Gasteiger partial charge in [0.1, 0.15) is 0 Å². The second-order valence-electron chi connectivity index (χ2n) is 5.13. The van der Waals surface area contributed by atoms with Crippen molar-refractivity contribution in [2.75, 3.05) is 13.2 Å². The number of sulfonamides is 1. The van der Waals surface area contributed by atoms with Crippen LogP contribution in [0.3, 0.4) is 0 Å². The van der Waals surface area contributed by atoms with Crippen molar-refractivity contribution in [3.8, 4) is 11.5 Å². The van der Waals surface area contributed by atoms with Gasteiger partial charge in [-0.25, -0.2) is 0 Å². The normalized spacial score (nSPS) is 11.6. The summed E-state index contributed by atoms with van der Waals surface area (Å²) in [6, 6.07) is 11.3. The van der Waals surface area contributed by atoms with Crippen LogP contribution in [0, 0.1) is 0 Å². The van der Waals surface area contributed by atoms with E-state index in [-0.39, 0.29) is 4.90 Å². The van der Waals surface area contributed by atoms with E-state index in [1.807, 2.05) is 13.8 Å². The van der Waals surface area contributed by atoms with Gasteiger partial charge in [-0.3, -0.25) is 0 Å². The highest BCUT2D eigenvalue weighted by Crippen LogP contribution is 2.36. The molecule has 0 aliphatic rings. The number of rotatable bonds is 8. The number of ether oxygens (including phenoxy) is 2. The molecule has 0 unspecified atom stereocenters. The molecule has 0 aliphatic carbocycles. The Balaban J connectivity index is 2.33. The topological polar surface area (TPSA) is 65.0 Å². The summed E-state index contributed by atoms with van der Waals surface area (Å²) >= 11 is 6.26. The molecule has 0 heterocycles. The van der Waals surface area contributed by atoms with Gasteiger partial charge in [-0.2, -0.15) is 12.8 Å². The highest BCUT2D eigenvalue weighted by molar-refractivity contribution is 7.90. The van der Waals surface area contributed by atoms with E-state index < -0.39 is 10.0 Å². The third-order valence-electron chi connectivity index (χ3n) is 3.16. The largest absolute Gasteiger partial charge is 0.490 e. The molecule has 0 spiro atoms. The summed E-state index contributed by atoms with van der Waals surface area (Å²) in [5.74, 6) is 0.912. The first kappa shape index (κ1) is 19.3. The molecule has 0 saturated heterocycles. The Morgan fingerprint density at radius 2 is 1.84 bits per heavy atom. The van der Waals surface area contributed by atoms with E-state index in [2.05, 4.69) is 4.40 Å². The van der Waals surface area contributed by atoms with Crippen LogP contribution in [0.2, 0.25) is 5.02 Å². The Labute approximate surface area is 153 Å². The van der Waals surface area contributed by atoms with Crippen LogP contribution < -0.4 is 9.47 Å². The van der Waals surface area contributed by atoms with Crippen molar-refractivity contribution in [2.45, 2.75) is 25.2 Å². The maximum absolute atomic E-state index is 12.2. The Kier molecular flexibility index (Phi) is 6.84. The predicted molar refractivity (Wildman–Crippen MR) is 99.6 cm³/mol. The molecule has 0 aromatic heterocycles. The molecule has 0 bridgehead atoms. The van der Waals surface area contributed by atoms with Crippen molar-refractivity contribution in [1.29, 1.82) is 0 Å². The van der Waals surface area contributed by atoms with Crippen LogP contribution in [0.1, 0.15) is 25.8 Å². The Morgan fingerprint density at radius 1 is 1.12 bits per heavy atom. The van der Waals surface area contributed by atoms with E-state index >= 15 is 0 Å². The van der Waals surface area contributed by atoms with Crippen molar-refractivity contribution >= 4 is 27.8 Å². The van der Waals surface area contributed by atoms with Gasteiger partial charge in [-0.05, 0) is 43.2 Å². The summed E-state index contributed by atoms with van der Waals surface area (Å²) in [4.78, 5) is 0.130. The number of nitrogens with zero attached hydrogens (tertiary/aromatic N) is 1. The molecule has 2 aromatic rings. The van der Waals surface area contributed by atoms with Crippen LogP contribution in [0.5, 0.6) is 11.5 Å². The minimum Gasteiger partial charge on any atom is -0.490 e. The predicted octanol–water partition coefficient (Wildman–Crippen LogP) is 4.34. The zero-order valence-corrected chi connectivity index (χ0v) is 15.7. The molecule has 134 valence electrons. The zero-order chi connectivity index (χ0) is 18.3. The van der Waals surface area contributed by atoms with E-state index in [9.17, 15) is 8.42 Å². The molecule has 0 saturated carbocycles. The summed E-state index contributed by atoms with van der Waals surface area (Å²) in [6.07, 6.45) is 2.08. The lowest BCUT2D eigenvalue weighted by Crippen LogP contribution is -2.02. The molecule has 0 radical (unpaired) electrons. The van der Waals surface area contributed by atoms with Gasteiger partial charge in [-0.15, -0.1) is 0 Å². The van der Waals surface area contributed by atoms with Crippen molar-refractivity contribution in [1.82, 2.24) is 0 Å². The third kappa shape index (κ3) is 5.21. The molecule has 25 heavy (non-hydrogen) atoms. The van der Waals surface area contributed by atoms with E-state index in [0.29, 0.717) is 35.3 Å². The molecular weight excluding hydrogens is 362 g/mol. The highest BCUT2D eigenvalue weighted by Gasteiger charge is 2.14. The Bertz CT molecular complexity index is 836. The monoisotopic (exact) mass is 381 g/mol. The number of halogens is 1. The first-order chi connectivity index (χ1) is 12.0. The molecule has 7 heteroatoms. The lowest BCUT2D eigenvalue weighted by molar-refractivity contribution is 0.277. The Hall–Kier alpha value is -2.05. The lowest BCUT2D eigenvalue weighted by Gasteiger charge is -2.13. The maximum atomic E-state index is 12.2. The van der Waals surface area contributed by atoms with Crippen LogP contribution in [-0.4, -0.2) is 27.8 Å². The Morgan fingerprint density at radius 3 is 2.48 bits per heavy atom. The maximum Gasteiger partial charge on any atom is 0.282 e. The van der Waals surface area contributed by atoms with Gasteiger partial charge in [0.05, 0.1) is 23.1 Å². The summed E-state index contributed by atoms with van der Waals surface area (Å²) in [5.41, 5.74) is 0.511. The minimum atomic E-state index is -3.77. The smallest absolute Gasteiger partial charge is 0.282 e. The van der Waals surface area contributed by atoms with Gasteiger partial charge in [0.2, 0.25) is 0 Å². The van der Waals surface area contributed by atoms with Crippen LogP contribution in [0.15, 0.2) is 51.8 Å². The van der Waals surface area contributed by atoms with E-state index in [4.69, 9.17) is 21.1 Å². The molecule has 0 atom stereocenters. The van der Waals surface area contributed by atoms with Gasteiger partial charge >= 0.3 is 0 Å². The van der Waals surface area contributed by atoms with E-state index in [1.165, 1.54) is 18.3 Å². The summed E-state index contributed by atoms with van der Waals surface area (Å²) in [6.45, 7) is 4.78. The van der Waals surface area contributed by atoms with Gasteiger partial charge in [-0.1, -0.05) is 36.7 Å². The fourth-order valence-electron chi connectivity index (χ4n) is 2.05. The molecule has 2 rings (SSSR count). The second kappa shape index (κ2) is 8.87. The van der Waals surface area contributed by atoms with Crippen molar-refractivity contribution in [3.63, 3.8) is 0 Å². The van der Waals surface area contributed by atoms with Gasteiger partial charge < -0.3 is 9.47 Å². The molecule has 0 aliphatic heterocycles. The number of hydrogen-bond acceptors (Lipinski definition) is 4. The van der Waals surface area contributed by atoms with Crippen molar-refractivity contribution < 1.29 is 17.9 Å². The molecule has 5 nitrogen and oxygen atoms in total. The van der Waals surface area contributed by atoms with Gasteiger partial charge in [0, 0.05) is 6.21 Å². The van der Waals surface area contributed by atoms with Crippen LogP contribution in [-0.2, 0) is 10.0 Å². The summed E-state index contributed by atoms with van der Waals surface area (Å²) < 4.78 is 39.3. The van der Waals surface area contributed by atoms with Crippen LogP contribution in [0.25, 0.3) is 0 Å². The third-order valence-corrected chi connectivity index (χ3v) is 4.70. The number of hydrogen-bond donors (Lipinski definition) is 0. The fourth-order valence-corrected chi connectivity index (χ4v) is 3.21. The molecule has 0 N–H and O–H groups in total. The summed E-state index contributed by atoms with van der Waals surface area (Å²) in [7, 11) is -3.77. The highest BCUT2D eigenvalue weighted by atomic mass is 35.5. The van der Waals surface area contributed by atoms with Crippen LogP contribution in [0.4, 0.5) is 0 Å². The zero-order valence-electron chi connectivity index (χ0n) is 14.1. The van der Waals surface area contributed by atoms with Crippen molar-refractivity contribution in [3.05, 3.63) is 53.1 Å². The SMILES string of the molecule is CCCOc1c(Cl)cc(/C=N\S(=O)(=O)c2ccccc2)cc1OCC. The first-order valence-electron chi connectivity index (χ1n) is 7.92. The fraction of sp³-hybridized carbons (Fsp3) is 0.278. The quantitative estimate of drug-likeness (QED) is 0.638. The standard InChI is InChI=1S/C18H20ClNO4S/c1-3-10-24-18-16(19)11-14(12-17(18)23-4-2)13-20-25(21,22)15-8-6-5-7-9-15/h5-9,11-13H,3-4,10H2,1-2H3/b20-13-. The second-order valence-corrected chi connectivity index (χ2v) is 7.17. The number of benzene rings is 2.